The Hall–Kier alpha value is -1.24. The van der Waals surface area contributed by atoms with E-state index < -0.39 is 0 Å². The van der Waals surface area contributed by atoms with Gasteiger partial charge in [0.25, 0.3) is 5.56 Å². The molecule has 1 N–H and O–H groups in total. The van der Waals surface area contributed by atoms with Gasteiger partial charge in [-0.1, -0.05) is 0 Å². The van der Waals surface area contributed by atoms with Crippen molar-refractivity contribution in [3.63, 3.8) is 0 Å². The Bertz CT molecular complexity index is 643. The van der Waals surface area contributed by atoms with Gasteiger partial charge >= 0.3 is 0 Å². The molecule has 1 atom stereocenters. The van der Waals surface area contributed by atoms with Crippen molar-refractivity contribution >= 4 is 21.6 Å². The molecule has 2 aromatic rings. The van der Waals surface area contributed by atoms with E-state index >= 15 is 0 Å². The van der Waals surface area contributed by atoms with Crippen LogP contribution in [-0.2, 0) is 11.3 Å². The molecule has 6 heteroatoms. The van der Waals surface area contributed by atoms with E-state index in [1.54, 1.807) is 10.9 Å². The molecule has 0 aliphatic carbocycles. The van der Waals surface area contributed by atoms with Crippen molar-refractivity contribution in [1.82, 2.24) is 14.9 Å². The largest absolute Gasteiger partial charge is 0.377 e. The zero-order valence-corrected chi connectivity index (χ0v) is 12.4. The second-order valence-electron chi connectivity index (χ2n) is 5.18. The van der Waals surface area contributed by atoms with Crippen LogP contribution in [0.2, 0.25) is 0 Å². The Labute approximate surface area is 121 Å². The highest BCUT2D eigenvalue weighted by atomic mass is 32.1. The molecule has 1 unspecified atom stereocenters. The molecule has 1 aliphatic rings. The quantitative estimate of drug-likeness (QED) is 0.850. The molecule has 0 aromatic carbocycles. The lowest BCUT2D eigenvalue weighted by atomic mass is 10.2. The summed E-state index contributed by atoms with van der Waals surface area (Å²) in [4.78, 5) is 16.7. The van der Waals surface area contributed by atoms with Crippen LogP contribution in [0.5, 0.6) is 0 Å². The van der Waals surface area contributed by atoms with Gasteiger partial charge in [-0.05, 0) is 30.7 Å². The average molecular weight is 293 g/mol. The molecule has 1 saturated heterocycles. The fraction of sp³-hybridized carbons (Fsp3) is 0.571. The minimum absolute atomic E-state index is 0.0621. The summed E-state index contributed by atoms with van der Waals surface area (Å²) >= 11 is 1.48. The van der Waals surface area contributed by atoms with Gasteiger partial charge < -0.3 is 10.1 Å². The van der Waals surface area contributed by atoms with Crippen molar-refractivity contribution < 1.29 is 4.74 Å². The van der Waals surface area contributed by atoms with Gasteiger partial charge in [0.15, 0.2) is 0 Å². The van der Waals surface area contributed by atoms with Crippen LogP contribution in [0, 0.1) is 6.92 Å². The van der Waals surface area contributed by atoms with Gasteiger partial charge in [0.2, 0.25) is 0 Å². The SMILES string of the molecule is Cc1csc2c(=O)n(CCNCC3CCCO3)cnc12. The molecule has 1 aliphatic heterocycles. The van der Waals surface area contributed by atoms with Gasteiger partial charge in [-0.15, -0.1) is 11.3 Å². The van der Waals surface area contributed by atoms with Crippen LogP contribution in [0.15, 0.2) is 16.5 Å². The zero-order chi connectivity index (χ0) is 13.9. The topological polar surface area (TPSA) is 56.2 Å². The van der Waals surface area contributed by atoms with E-state index in [0.717, 1.165) is 48.3 Å². The highest BCUT2D eigenvalue weighted by molar-refractivity contribution is 7.17. The summed E-state index contributed by atoms with van der Waals surface area (Å²) in [5, 5.41) is 5.33. The van der Waals surface area contributed by atoms with Gasteiger partial charge in [-0.25, -0.2) is 4.98 Å². The number of aromatic nitrogens is 2. The molecule has 0 saturated carbocycles. The highest BCUT2D eigenvalue weighted by Crippen LogP contribution is 2.19. The number of hydrogen-bond acceptors (Lipinski definition) is 5. The standard InChI is InChI=1S/C14H19N3O2S/c1-10-8-20-13-12(10)16-9-17(14(13)18)5-4-15-7-11-3-2-6-19-11/h8-9,11,15H,2-7H2,1H3. The lowest BCUT2D eigenvalue weighted by Crippen LogP contribution is -2.31. The van der Waals surface area contributed by atoms with Crippen molar-refractivity contribution in [2.45, 2.75) is 32.4 Å². The summed E-state index contributed by atoms with van der Waals surface area (Å²) in [6.07, 6.45) is 4.28. The molecule has 0 amide bonds. The second-order valence-corrected chi connectivity index (χ2v) is 6.06. The number of thiophene rings is 1. The van der Waals surface area contributed by atoms with Crippen LogP contribution in [-0.4, -0.2) is 35.4 Å². The van der Waals surface area contributed by atoms with Crippen LogP contribution >= 0.6 is 11.3 Å². The van der Waals surface area contributed by atoms with Crippen LogP contribution < -0.4 is 10.9 Å². The van der Waals surface area contributed by atoms with E-state index in [1.165, 1.54) is 11.3 Å². The van der Waals surface area contributed by atoms with Crippen LogP contribution in [0.3, 0.4) is 0 Å². The zero-order valence-electron chi connectivity index (χ0n) is 11.6. The van der Waals surface area contributed by atoms with Crippen molar-refractivity contribution in [3.8, 4) is 0 Å². The summed E-state index contributed by atoms with van der Waals surface area (Å²) in [7, 11) is 0. The minimum Gasteiger partial charge on any atom is -0.377 e. The first-order valence-corrected chi connectivity index (χ1v) is 7.89. The normalized spacial score (nSPS) is 18.9. The number of rotatable bonds is 5. The fourth-order valence-corrected chi connectivity index (χ4v) is 3.44. The number of fused-ring (bicyclic) bond motifs is 1. The second kappa shape index (κ2) is 6.03. The summed E-state index contributed by atoms with van der Waals surface area (Å²) < 4.78 is 7.98. The van der Waals surface area contributed by atoms with E-state index in [2.05, 4.69) is 10.3 Å². The van der Waals surface area contributed by atoms with Crippen molar-refractivity contribution in [1.29, 1.82) is 0 Å². The third-order valence-corrected chi connectivity index (χ3v) is 4.72. The summed E-state index contributed by atoms with van der Waals surface area (Å²) in [6.45, 7) is 5.13. The molecule has 3 rings (SSSR count). The molecule has 1 fully saturated rings. The molecular formula is C14H19N3O2S. The molecule has 0 bridgehead atoms. The van der Waals surface area contributed by atoms with Gasteiger partial charge in [-0.3, -0.25) is 9.36 Å². The highest BCUT2D eigenvalue weighted by Gasteiger charge is 2.14. The van der Waals surface area contributed by atoms with Crippen molar-refractivity contribution in [2.75, 3.05) is 19.7 Å². The molecule has 3 heterocycles. The maximum Gasteiger partial charge on any atom is 0.271 e. The smallest absolute Gasteiger partial charge is 0.271 e. The number of aryl methyl sites for hydroxylation is 1. The van der Waals surface area contributed by atoms with Crippen LogP contribution in [0.1, 0.15) is 18.4 Å². The van der Waals surface area contributed by atoms with Crippen LogP contribution in [0.25, 0.3) is 10.2 Å². The van der Waals surface area contributed by atoms with E-state index in [9.17, 15) is 4.79 Å². The number of nitrogens with one attached hydrogen (secondary N) is 1. The fourth-order valence-electron chi connectivity index (χ4n) is 2.49. The van der Waals surface area contributed by atoms with Gasteiger partial charge in [-0.2, -0.15) is 0 Å². The van der Waals surface area contributed by atoms with Crippen molar-refractivity contribution in [3.05, 3.63) is 27.6 Å². The number of hydrogen-bond donors (Lipinski definition) is 1. The van der Waals surface area contributed by atoms with E-state index in [0.29, 0.717) is 12.6 Å². The minimum atomic E-state index is 0.0621. The number of ether oxygens (including phenoxy) is 1. The predicted octanol–water partition coefficient (Wildman–Crippen LogP) is 1.54. The summed E-state index contributed by atoms with van der Waals surface area (Å²) in [5.74, 6) is 0. The predicted molar refractivity (Wildman–Crippen MR) is 80.5 cm³/mol. The third kappa shape index (κ3) is 2.77. The third-order valence-electron chi connectivity index (χ3n) is 3.65. The lowest BCUT2D eigenvalue weighted by Gasteiger charge is -2.11. The monoisotopic (exact) mass is 293 g/mol. The Balaban J connectivity index is 1.60. The van der Waals surface area contributed by atoms with E-state index in [4.69, 9.17) is 4.74 Å². The van der Waals surface area contributed by atoms with Gasteiger partial charge in [0.05, 0.1) is 17.9 Å². The Kier molecular flexibility index (Phi) is 4.14. The van der Waals surface area contributed by atoms with Crippen LogP contribution in [0.4, 0.5) is 0 Å². The Morgan fingerprint density at radius 3 is 3.30 bits per heavy atom. The molecule has 0 radical (unpaired) electrons. The van der Waals surface area contributed by atoms with E-state index in [1.807, 2.05) is 12.3 Å². The maximum absolute atomic E-state index is 12.3. The average Bonchev–Trinajstić information content (AvgIpc) is 3.08. The molecule has 5 nitrogen and oxygen atoms in total. The van der Waals surface area contributed by atoms with E-state index in [-0.39, 0.29) is 5.56 Å². The Morgan fingerprint density at radius 1 is 1.60 bits per heavy atom. The Morgan fingerprint density at radius 2 is 2.50 bits per heavy atom. The summed E-state index contributed by atoms with van der Waals surface area (Å²) in [5.41, 5.74) is 1.97. The first kappa shape index (κ1) is 13.7. The molecule has 108 valence electrons. The first-order valence-electron chi connectivity index (χ1n) is 7.01. The lowest BCUT2D eigenvalue weighted by molar-refractivity contribution is 0.110. The maximum atomic E-state index is 12.3. The molecule has 20 heavy (non-hydrogen) atoms. The number of nitrogens with zero attached hydrogens (tertiary/aromatic N) is 2. The molecule has 0 spiro atoms. The molecular weight excluding hydrogens is 274 g/mol. The first-order chi connectivity index (χ1) is 9.75. The molecule has 2 aromatic heterocycles. The van der Waals surface area contributed by atoms with Gasteiger partial charge in [0.1, 0.15) is 4.70 Å². The van der Waals surface area contributed by atoms with Crippen molar-refractivity contribution in [2.24, 2.45) is 0 Å². The summed E-state index contributed by atoms with van der Waals surface area (Å²) in [6, 6.07) is 0. The van der Waals surface area contributed by atoms with Gasteiger partial charge in [0, 0.05) is 26.2 Å².